The second kappa shape index (κ2) is 5.43. The molecule has 0 aliphatic rings. The predicted octanol–water partition coefficient (Wildman–Crippen LogP) is 2.38. The van der Waals surface area contributed by atoms with E-state index in [1.54, 1.807) is 0 Å². The van der Waals surface area contributed by atoms with Crippen LogP contribution in [0.25, 0.3) is 0 Å². The van der Waals surface area contributed by atoms with Gasteiger partial charge in [-0.15, -0.1) is 50.1 Å². The van der Waals surface area contributed by atoms with Gasteiger partial charge < -0.3 is 0 Å². The van der Waals surface area contributed by atoms with Gasteiger partial charge in [0.25, 0.3) is 0 Å². The van der Waals surface area contributed by atoms with Gasteiger partial charge >= 0.3 is 0 Å². The molecule has 7 heteroatoms. The highest BCUT2D eigenvalue weighted by Gasteiger charge is 1.98. The van der Waals surface area contributed by atoms with Gasteiger partial charge in [0.1, 0.15) is 0 Å². The van der Waals surface area contributed by atoms with Gasteiger partial charge in [0.15, 0.2) is 0 Å². The highest BCUT2D eigenvalue weighted by atomic mass is 32.4. The summed E-state index contributed by atoms with van der Waals surface area (Å²) in [6, 6.07) is 0. The fraction of sp³-hybridized carbons (Fsp3) is 0. The van der Waals surface area contributed by atoms with E-state index in [-0.39, 0.29) is 14.4 Å². The van der Waals surface area contributed by atoms with Crippen LogP contribution in [0.5, 0.6) is 0 Å². The highest BCUT2D eigenvalue weighted by molar-refractivity contribution is 8.72. The molecule has 0 amide bonds. The summed E-state index contributed by atoms with van der Waals surface area (Å²) >= 11 is 0. The third kappa shape index (κ3) is 8.64. The van der Waals surface area contributed by atoms with Gasteiger partial charge in [0.2, 0.25) is 6.72 Å². The van der Waals surface area contributed by atoms with Crippen LogP contribution in [-0.2, 0) is 0 Å². The van der Waals surface area contributed by atoms with Crippen LogP contribution in [0.1, 0.15) is 0 Å². The Labute approximate surface area is 57.2 Å². The van der Waals surface area contributed by atoms with E-state index in [0.29, 0.717) is 0 Å². The van der Waals surface area contributed by atoms with Crippen LogP contribution in [0.15, 0.2) is 0 Å². The van der Waals surface area contributed by atoms with Gasteiger partial charge in [0, 0.05) is 0 Å². The van der Waals surface area contributed by atoms with Crippen LogP contribution in [0, 0.1) is 0 Å². The SMILES string of the molecule is PP(P)BP(P)P. The monoisotopic (exact) mass is 206 g/mol. The van der Waals surface area contributed by atoms with Gasteiger partial charge in [-0.05, 0) is 0 Å². The van der Waals surface area contributed by atoms with E-state index in [2.05, 4.69) is 35.7 Å². The Morgan fingerprint density at radius 2 is 1.14 bits per heavy atom. The highest BCUT2D eigenvalue weighted by Crippen LogP contribution is 2.65. The average Bonchev–Trinajstić information content (AvgIpc) is 1.27. The van der Waals surface area contributed by atoms with Crippen LogP contribution in [0.3, 0.4) is 0 Å². The average molecular weight is 206 g/mol. The fourth-order valence-electron chi connectivity index (χ4n) is 0.189. The molecule has 0 aromatic heterocycles. The van der Waals surface area contributed by atoms with Crippen molar-refractivity contribution in [2.45, 2.75) is 0 Å². The van der Waals surface area contributed by atoms with Crippen molar-refractivity contribution in [3.8, 4) is 0 Å². The molecule has 0 aromatic carbocycles. The van der Waals surface area contributed by atoms with Crippen molar-refractivity contribution >= 4 is 56.8 Å². The smallest absolute Gasteiger partial charge is 0.116 e. The summed E-state index contributed by atoms with van der Waals surface area (Å²) in [6.07, 6.45) is 0. The summed E-state index contributed by atoms with van der Waals surface area (Å²) < 4.78 is 0. The molecule has 0 saturated heterocycles. The van der Waals surface area contributed by atoms with Crippen LogP contribution in [0.2, 0.25) is 0 Å². The molecule has 0 N–H and O–H groups in total. The minimum absolute atomic E-state index is 0.181. The molecule has 0 aliphatic heterocycles. The molecular weight excluding hydrogens is 197 g/mol. The molecule has 4 unspecified atom stereocenters. The molecule has 0 fully saturated rings. The molecule has 0 nitrogen and oxygen atoms in total. The Hall–Kier alpha value is 2.64. The summed E-state index contributed by atoms with van der Waals surface area (Å²) in [6.45, 7) is 1.34. The van der Waals surface area contributed by atoms with Gasteiger partial charge in [0.05, 0.1) is 0 Å². The Morgan fingerprint density at radius 3 is 1.14 bits per heavy atom. The van der Waals surface area contributed by atoms with E-state index < -0.39 is 0 Å². The van der Waals surface area contributed by atoms with Crippen molar-refractivity contribution in [3.05, 3.63) is 0 Å². The summed E-state index contributed by atoms with van der Waals surface area (Å²) in [5, 5.41) is 0. The number of hydrogen-bond donors (Lipinski definition) is 0. The maximum absolute atomic E-state index is 2.82. The molecule has 0 saturated carbocycles. The van der Waals surface area contributed by atoms with Crippen molar-refractivity contribution in [1.29, 1.82) is 0 Å². The quantitative estimate of drug-likeness (QED) is 0.480. The first kappa shape index (κ1) is 9.64. The van der Waals surface area contributed by atoms with Gasteiger partial charge in [-0.1, -0.05) is 0 Å². The second-order valence-electron chi connectivity index (χ2n) is 1.17. The molecule has 0 rings (SSSR count). The third-order valence-electron chi connectivity index (χ3n) is 0.327. The molecular formula is H9BP6. The lowest BCUT2D eigenvalue weighted by Gasteiger charge is -2.03. The molecule has 0 bridgehead atoms. The molecule has 0 aliphatic carbocycles. The number of rotatable bonds is 2. The fourth-order valence-corrected chi connectivity index (χ4v) is 15.3. The Morgan fingerprint density at radius 1 is 0.857 bits per heavy atom. The standard InChI is InChI=1S/BH9P6/c2-6(3)1-7(4)5/h1H,2-5H2. The maximum atomic E-state index is 2.82. The molecule has 42 valence electrons. The lowest BCUT2D eigenvalue weighted by Crippen LogP contribution is -1.60. The normalized spacial score (nSPS) is 10.6. The van der Waals surface area contributed by atoms with Crippen molar-refractivity contribution < 1.29 is 0 Å². The first-order valence-corrected chi connectivity index (χ1v) is 11.2. The zero-order chi connectivity index (χ0) is 5.86. The summed E-state index contributed by atoms with van der Waals surface area (Å²) in [5.74, 6) is 0. The largest absolute Gasteiger partial charge is 0.201 e. The zero-order valence-corrected chi connectivity index (χ0v) is 10.3. The maximum Gasteiger partial charge on any atom is 0.201 e. The van der Waals surface area contributed by atoms with E-state index in [9.17, 15) is 0 Å². The van der Waals surface area contributed by atoms with E-state index in [0.717, 1.165) is 0 Å². The summed E-state index contributed by atoms with van der Waals surface area (Å²) in [7, 11) is 11.6. The Bertz CT molecular complexity index is 33.4. The predicted molar refractivity (Wildman–Crippen MR) is 59.8 cm³/mol. The van der Waals surface area contributed by atoms with Crippen molar-refractivity contribution in [2.75, 3.05) is 0 Å². The zero-order valence-electron chi connectivity index (χ0n) is 3.91. The first-order chi connectivity index (χ1) is 3.13. The van der Waals surface area contributed by atoms with Gasteiger partial charge in [-0.25, -0.2) is 0 Å². The Kier molecular flexibility index (Phi) is 7.48. The van der Waals surface area contributed by atoms with Crippen molar-refractivity contribution in [2.24, 2.45) is 0 Å². The molecule has 0 aromatic rings. The molecule has 0 spiro atoms. The minimum atomic E-state index is 0.181. The van der Waals surface area contributed by atoms with Crippen LogP contribution < -0.4 is 0 Å². The van der Waals surface area contributed by atoms with E-state index >= 15 is 0 Å². The second-order valence-corrected chi connectivity index (χ2v) is 15.9. The van der Waals surface area contributed by atoms with Crippen molar-refractivity contribution in [3.63, 3.8) is 0 Å². The number of hydrogen-bond acceptors (Lipinski definition) is 0. The Balaban J connectivity index is 2.95. The molecule has 0 heterocycles. The first-order valence-electron chi connectivity index (χ1n) is 1.67. The van der Waals surface area contributed by atoms with Crippen LogP contribution >= 0.6 is 50.1 Å². The lowest BCUT2D eigenvalue weighted by molar-refractivity contribution is 4.50. The van der Waals surface area contributed by atoms with E-state index in [1.165, 1.54) is 6.72 Å². The molecule has 7 heavy (non-hydrogen) atoms. The summed E-state index contributed by atoms with van der Waals surface area (Å²) in [4.78, 5) is 0. The van der Waals surface area contributed by atoms with Crippen LogP contribution in [0.4, 0.5) is 0 Å². The molecule has 0 radical (unpaired) electrons. The van der Waals surface area contributed by atoms with Gasteiger partial charge in [-0.2, -0.15) is 0 Å². The topological polar surface area (TPSA) is 0 Å². The molecule has 4 atom stereocenters. The van der Waals surface area contributed by atoms with Crippen molar-refractivity contribution in [1.82, 2.24) is 0 Å². The summed E-state index contributed by atoms with van der Waals surface area (Å²) in [5.41, 5.74) is 0. The van der Waals surface area contributed by atoms with E-state index in [4.69, 9.17) is 0 Å². The van der Waals surface area contributed by atoms with Crippen LogP contribution in [-0.4, -0.2) is 6.72 Å². The van der Waals surface area contributed by atoms with Gasteiger partial charge in [-0.3, -0.25) is 0 Å². The van der Waals surface area contributed by atoms with E-state index in [1.807, 2.05) is 0 Å². The lowest BCUT2D eigenvalue weighted by atomic mass is 10.7. The third-order valence-corrected chi connectivity index (χ3v) is 8.82. The minimum Gasteiger partial charge on any atom is -0.116 e.